The molecule has 0 fully saturated rings. The summed E-state index contributed by atoms with van der Waals surface area (Å²) in [6.07, 6.45) is -0.623. The van der Waals surface area contributed by atoms with Crippen LogP contribution < -0.4 is 0 Å². The first-order valence-electron chi connectivity index (χ1n) is 2.52. The van der Waals surface area contributed by atoms with Crippen molar-refractivity contribution in [2.75, 3.05) is 13.7 Å². The van der Waals surface area contributed by atoms with Gasteiger partial charge in [-0.05, 0) is 6.92 Å². The van der Waals surface area contributed by atoms with Crippen molar-refractivity contribution in [2.45, 2.75) is 6.92 Å². The lowest BCUT2D eigenvalue weighted by Gasteiger charge is -1.94. The summed E-state index contributed by atoms with van der Waals surface area (Å²) in [5.41, 5.74) is 0. The van der Waals surface area contributed by atoms with Gasteiger partial charge in [-0.25, -0.2) is 4.79 Å². The van der Waals surface area contributed by atoms with Crippen molar-refractivity contribution in [3.05, 3.63) is 13.2 Å². The molecule has 0 bridgehead atoms. The Morgan fingerprint density at radius 1 is 1.56 bits per heavy atom. The molecule has 54 valence electrons. The van der Waals surface area contributed by atoms with Crippen LogP contribution in [0.4, 0.5) is 4.79 Å². The van der Waals surface area contributed by atoms with E-state index in [1.807, 2.05) is 0 Å². The maximum atomic E-state index is 9.97. The molecule has 0 saturated carbocycles. The molecule has 0 atom stereocenters. The van der Waals surface area contributed by atoms with Gasteiger partial charge in [0.2, 0.25) is 0 Å². The smallest absolute Gasteiger partial charge is 0.438 e. The fourth-order valence-electron chi connectivity index (χ4n) is 0.177. The van der Waals surface area contributed by atoms with E-state index in [0.29, 0.717) is 6.61 Å². The number of methoxy groups -OCH3 is 1. The van der Waals surface area contributed by atoms with E-state index in [1.54, 1.807) is 6.92 Å². The minimum atomic E-state index is -0.623. The van der Waals surface area contributed by atoms with E-state index in [-0.39, 0.29) is 0 Å². The number of rotatable bonds is 1. The average Bonchev–Trinajstić information content (AvgIpc) is 1.93. The molecule has 0 spiro atoms. The molecular weight excluding hydrogens is 120 g/mol. The van der Waals surface area contributed by atoms with E-state index < -0.39 is 6.16 Å². The molecule has 0 aliphatic rings. The molecule has 0 unspecified atom stereocenters. The Hall–Kier alpha value is -0.990. The van der Waals surface area contributed by atoms with Crippen LogP contribution in [0.1, 0.15) is 6.92 Å². The van der Waals surface area contributed by atoms with Crippen LogP contribution in [0, 0.1) is 0 Å². The Balaban J connectivity index is 0. The van der Waals surface area contributed by atoms with E-state index in [9.17, 15) is 4.79 Å². The SMILES string of the molecule is C=C.CCOC(=O)OC. The van der Waals surface area contributed by atoms with Gasteiger partial charge < -0.3 is 9.47 Å². The van der Waals surface area contributed by atoms with E-state index in [2.05, 4.69) is 22.6 Å². The lowest BCUT2D eigenvalue weighted by molar-refractivity contribution is 0.0771. The van der Waals surface area contributed by atoms with Gasteiger partial charge >= 0.3 is 6.16 Å². The Morgan fingerprint density at radius 3 is 2.11 bits per heavy atom. The van der Waals surface area contributed by atoms with Crippen LogP contribution in [0.25, 0.3) is 0 Å². The first-order chi connectivity index (χ1) is 4.31. The van der Waals surface area contributed by atoms with E-state index in [0.717, 1.165) is 0 Å². The molecule has 0 rings (SSSR count). The maximum absolute atomic E-state index is 9.97. The lowest BCUT2D eigenvalue weighted by atomic mass is 10.9. The van der Waals surface area contributed by atoms with Crippen molar-refractivity contribution >= 4 is 6.16 Å². The van der Waals surface area contributed by atoms with Gasteiger partial charge in [-0.15, -0.1) is 13.2 Å². The summed E-state index contributed by atoms with van der Waals surface area (Å²) in [5, 5.41) is 0. The van der Waals surface area contributed by atoms with E-state index in [1.165, 1.54) is 7.11 Å². The van der Waals surface area contributed by atoms with Gasteiger partial charge in [0, 0.05) is 0 Å². The van der Waals surface area contributed by atoms with Crippen molar-refractivity contribution in [1.82, 2.24) is 0 Å². The standard InChI is InChI=1S/C4H8O3.C2H4/c1-3-7-4(5)6-2;1-2/h3H2,1-2H3;1-2H2. The quantitative estimate of drug-likeness (QED) is 0.401. The number of ether oxygens (including phenoxy) is 2. The second-order valence-electron chi connectivity index (χ2n) is 0.887. The minimum Gasteiger partial charge on any atom is -0.438 e. The summed E-state index contributed by atoms with van der Waals surface area (Å²) in [6, 6.07) is 0. The fourth-order valence-corrected chi connectivity index (χ4v) is 0.177. The molecule has 0 aliphatic carbocycles. The van der Waals surface area contributed by atoms with Gasteiger partial charge in [-0.2, -0.15) is 0 Å². The highest BCUT2D eigenvalue weighted by Crippen LogP contribution is 1.77. The average molecular weight is 132 g/mol. The number of carbonyl (C=O) groups excluding carboxylic acids is 1. The van der Waals surface area contributed by atoms with Crippen molar-refractivity contribution in [2.24, 2.45) is 0 Å². The van der Waals surface area contributed by atoms with Gasteiger partial charge in [0.1, 0.15) is 0 Å². The van der Waals surface area contributed by atoms with E-state index >= 15 is 0 Å². The first-order valence-corrected chi connectivity index (χ1v) is 2.52. The third-order valence-corrected chi connectivity index (χ3v) is 0.429. The van der Waals surface area contributed by atoms with Crippen LogP contribution in [0.5, 0.6) is 0 Å². The Kier molecular flexibility index (Phi) is 12.2. The van der Waals surface area contributed by atoms with Gasteiger partial charge in [0.25, 0.3) is 0 Å². The maximum Gasteiger partial charge on any atom is 0.507 e. The third-order valence-electron chi connectivity index (χ3n) is 0.429. The van der Waals surface area contributed by atoms with Crippen LogP contribution in [0.15, 0.2) is 13.2 Å². The zero-order valence-corrected chi connectivity index (χ0v) is 5.85. The predicted molar refractivity (Wildman–Crippen MR) is 35.3 cm³/mol. The van der Waals surface area contributed by atoms with Crippen molar-refractivity contribution in [1.29, 1.82) is 0 Å². The van der Waals surface area contributed by atoms with Crippen LogP contribution in [0.2, 0.25) is 0 Å². The topological polar surface area (TPSA) is 35.5 Å². The summed E-state index contributed by atoms with van der Waals surface area (Å²) in [6.45, 7) is 8.09. The normalized spacial score (nSPS) is 6.44. The molecule has 0 radical (unpaired) electrons. The molecule has 0 aromatic rings. The highest BCUT2D eigenvalue weighted by atomic mass is 16.7. The van der Waals surface area contributed by atoms with Gasteiger partial charge in [0.05, 0.1) is 13.7 Å². The van der Waals surface area contributed by atoms with Crippen LogP contribution in [0.3, 0.4) is 0 Å². The summed E-state index contributed by atoms with van der Waals surface area (Å²) in [7, 11) is 1.28. The molecule has 0 aromatic heterocycles. The first kappa shape index (κ1) is 10.9. The van der Waals surface area contributed by atoms with E-state index in [4.69, 9.17) is 0 Å². The zero-order chi connectivity index (χ0) is 7.70. The summed E-state index contributed by atoms with van der Waals surface area (Å²) in [4.78, 5) is 9.97. The van der Waals surface area contributed by atoms with Gasteiger partial charge in [-0.1, -0.05) is 0 Å². The Morgan fingerprint density at radius 2 is 2.00 bits per heavy atom. The molecule has 9 heavy (non-hydrogen) atoms. The molecule has 0 saturated heterocycles. The van der Waals surface area contributed by atoms with Crippen molar-refractivity contribution in [3.63, 3.8) is 0 Å². The number of hydrogen-bond donors (Lipinski definition) is 0. The monoisotopic (exact) mass is 132 g/mol. The zero-order valence-electron chi connectivity index (χ0n) is 5.85. The highest BCUT2D eigenvalue weighted by Gasteiger charge is 1.92. The molecule has 0 N–H and O–H groups in total. The van der Waals surface area contributed by atoms with Crippen molar-refractivity contribution in [3.8, 4) is 0 Å². The lowest BCUT2D eigenvalue weighted by Crippen LogP contribution is -2.02. The van der Waals surface area contributed by atoms with Crippen LogP contribution in [-0.2, 0) is 9.47 Å². The molecule has 0 heterocycles. The fraction of sp³-hybridized carbons (Fsp3) is 0.500. The molecule has 0 aromatic carbocycles. The molecule has 3 nitrogen and oxygen atoms in total. The van der Waals surface area contributed by atoms with Crippen LogP contribution >= 0.6 is 0 Å². The minimum absolute atomic E-state index is 0.368. The molecule has 3 heteroatoms. The highest BCUT2D eigenvalue weighted by molar-refractivity contribution is 5.59. The van der Waals surface area contributed by atoms with Crippen LogP contribution in [-0.4, -0.2) is 19.9 Å². The molecule has 0 aliphatic heterocycles. The van der Waals surface area contributed by atoms with Crippen molar-refractivity contribution < 1.29 is 14.3 Å². The number of carbonyl (C=O) groups is 1. The second kappa shape index (κ2) is 10.1. The summed E-state index contributed by atoms with van der Waals surface area (Å²) in [5.74, 6) is 0. The Bertz CT molecular complexity index is 70.7. The Labute approximate surface area is 55.3 Å². The summed E-state index contributed by atoms with van der Waals surface area (Å²) >= 11 is 0. The number of hydrogen-bond acceptors (Lipinski definition) is 3. The predicted octanol–water partition coefficient (Wildman–Crippen LogP) is 1.59. The largest absolute Gasteiger partial charge is 0.507 e. The van der Waals surface area contributed by atoms with Gasteiger partial charge in [0.15, 0.2) is 0 Å². The second-order valence-corrected chi connectivity index (χ2v) is 0.887. The molecular formula is C6H12O3. The van der Waals surface area contributed by atoms with Gasteiger partial charge in [-0.3, -0.25) is 0 Å². The molecule has 0 amide bonds. The third kappa shape index (κ3) is 10.9. The summed E-state index contributed by atoms with van der Waals surface area (Å²) < 4.78 is 8.46.